The fourth-order valence-electron chi connectivity index (χ4n) is 2.77. The third-order valence-corrected chi connectivity index (χ3v) is 3.89. The Balaban J connectivity index is 1.94. The molecule has 1 aliphatic heterocycles. The predicted molar refractivity (Wildman–Crippen MR) is 90.4 cm³/mol. The highest BCUT2D eigenvalue weighted by molar-refractivity contribution is 6.00. The highest BCUT2D eigenvalue weighted by Gasteiger charge is 2.34. The lowest BCUT2D eigenvalue weighted by Gasteiger charge is -2.33. The molecule has 0 spiro atoms. The normalized spacial score (nSPS) is 16.1. The summed E-state index contributed by atoms with van der Waals surface area (Å²) in [5, 5.41) is 9.67. The second kappa shape index (κ2) is 6.55. The monoisotopic (exact) mass is 323 g/mol. The molecule has 2 aromatic carbocycles. The van der Waals surface area contributed by atoms with E-state index in [4.69, 9.17) is 15.9 Å². The van der Waals surface area contributed by atoms with Crippen LogP contribution >= 0.6 is 0 Å². The summed E-state index contributed by atoms with van der Waals surface area (Å²) in [5.41, 5.74) is 1.36. The molecule has 1 aliphatic rings. The Kier molecular flexibility index (Phi) is 4.30. The molecule has 0 saturated carbocycles. The van der Waals surface area contributed by atoms with E-state index in [2.05, 4.69) is 5.92 Å². The number of benzene rings is 2. The Bertz CT molecular complexity index is 809. The summed E-state index contributed by atoms with van der Waals surface area (Å²) in [5.74, 6) is 3.51. The van der Waals surface area contributed by atoms with Gasteiger partial charge in [-0.25, -0.2) is 0 Å². The van der Waals surface area contributed by atoms with Crippen molar-refractivity contribution in [3.8, 4) is 29.6 Å². The zero-order chi connectivity index (χ0) is 17.1. The topological polar surface area (TPSA) is 59.0 Å². The van der Waals surface area contributed by atoms with Gasteiger partial charge in [0.15, 0.2) is 6.10 Å². The number of carbonyl (C=O) groups excluding carboxylic acids is 1. The Hall–Kier alpha value is -3.13. The number of carbonyl (C=O) groups is 1. The number of hydrogen-bond acceptors (Lipinski definition) is 4. The predicted octanol–water partition coefficient (Wildman–Crippen LogP) is 2.37. The fourth-order valence-corrected chi connectivity index (χ4v) is 2.77. The summed E-state index contributed by atoms with van der Waals surface area (Å²) in [6, 6.07) is 12.1. The van der Waals surface area contributed by atoms with E-state index < -0.39 is 6.10 Å². The number of nitrogens with zero attached hydrogens (tertiary/aromatic N) is 1. The van der Waals surface area contributed by atoms with E-state index in [1.165, 1.54) is 17.0 Å². The van der Waals surface area contributed by atoms with Gasteiger partial charge in [-0.1, -0.05) is 24.1 Å². The lowest BCUT2D eigenvalue weighted by Crippen LogP contribution is -2.47. The molecule has 1 atom stereocenters. The van der Waals surface area contributed by atoms with Gasteiger partial charge in [-0.05, 0) is 23.8 Å². The van der Waals surface area contributed by atoms with Crippen molar-refractivity contribution in [2.24, 2.45) is 0 Å². The van der Waals surface area contributed by atoms with E-state index in [0.29, 0.717) is 23.6 Å². The number of terminal acetylenes is 1. The summed E-state index contributed by atoms with van der Waals surface area (Å²) >= 11 is 0. The number of anilines is 1. The number of aromatic hydroxyl groups is 1. The molecule has 5 nitrogen and oxygen atoms in total. The molecule has 2 aromatic rings. The first-order valence-electron chi connectivity index (χ1n) is 7.50. The van der Waals surface area contributed by atoms with Crippen molar-refractivity contribution in [2.75, 3.05) is 18.6 Å². The minimum absolute atomic E-state index is 0.0513. The maximum Gasteiger partial charge on any atom is 0.269 e. The molecule has 1 unspecified atom stereocenters. The molecule has 24 heavy (non-hydrogen) atoms. The van der Waals surface area contributed by atoms with Crippen LogP contribution in [0.5, 0.6) is 17.2 Å². The summed E-state index contributed by atoms with van der Waals surface area (Å²) in [7, 11) is 1.59. The van der Waals surface area contributed by atoms with Crippen LogP contribution in [0.2, 0.25) is 0 Å². The van der Waals surface area contributed by atoms with Gasteiger partial charge < -0.3 is 14.6 Å². The van der Waals surface area contributed by atoms with Gasteiger partial charge >= 0.3 is 0 Å². The second-order valence-electron chi connectivity index (χ2n) is 5.40. The van der Waals surface area contributed by atoms with Crippen molar-refractivity contribution in [1.82, 2.24) is 0 Å². The first-order chi connectivity index (χ1) is 11.6. The third kappa shape index (κ3) is 2.86. The van der Waals surface area contributed by atoms with Crippen LogP contribution in [0, 0.1) is 12.3 Å². The van der Waals surface area contributed by atoms with Crippen LogP contribution in [0.3, 0.4) is 0 Å². The van der Waals surface area contributed by atoms with Crippen molar-refractivity contribution in [2.45, 2.75) is 12.5 Å². The summed E-state index contributed by atoms with van der Waals surface area (Å²) in [4.78, 5) is 14.2. The Morgan fingerprint density at radius 1 is 1.33 bits per heavy atom. The first kappa shape index (κ1) is 15.8. The number of methoxy groups -OCH3 is 1. The number of rotatable bonds is 4. The van der Waals surface area contributed by atoms with Crippen molar-refractivity contribution < 1.29 is 19.4 Å². The molecule has 0 bridgehead atoms. The molecule has 0 saturated heterocycles. The highest BCUT2D eigenvalue weighted by Crippen LogP contribution is 2.37. The number of phenolic OH excluding ortho intramolecular Hbond substituents is 1. The number of hydrogen-bond donors (Lipinski definition) is 1. The van der Waals surface area contributed by atoms with Gasteiger partial charge in [0.05, 0.1) is 19.3 Å². The van der Waals surface area contributed by atoms with E-state index >= 15 is 0 Å². The van der Waals surface area contributed by atoms with Crippen LogP contribution in [0.1, 0.15) is 5.56 Å². The van der Waals surface area contributed by atoms with Crippen molar-refractivity contribution in [3.05, 3.63) is 48.0 Å². The standard InChI is InChI=1S/C19H17NO4/c1-3-10-20-15-12-14(21)8-9-17(15)24-18(19(20)22)11-13-6-4-5-7-16(13)23-2/h1,4-9,12,18,21H,10-11H2,2H3. The summed E-state index contributed by atoms with van der Waals surface area (Å²) in [6.07, 6.45) is 5.06. The van der Waals surface area contributed by atoms with Crippen molar-refractivity contribution in [1.29, 1.82) is 0 Å². The van der Waals surface area contributed by atoms with Gasteiger partial charge in [-0.2, -0.15) is 0 Å². The quantitative estimate of drug-likeness (QED) is 0.878. The summed E-state index contributed by atoms with van der Waals surface area (Å²) in [6.45, 7) is 0.112. The number of fused-ring (bicyclic) bond motifs is 1. The van der Waals surface area contributed by atoms with Crippen LogP contribution in [-0.4, -0.2) is 30.8 Å². The first-order valence-corrected chi connectivity index (χ1v) is 7.50. The Morgan fingerprint density at radius 2 is 2.12 bits per heavy atom. The molecule has 1 N–H and O–H groups in total. The maximum absolute atomic E-state index is 12.8. The molecule has 0 fully saturated rings. The number of phenols is 1. The second-order valence-corrected chi connectivity index (χ2v) is 5.40. The highest BCUT2D eigenvalue weighted by atomic mass is 16.5. The van der Waals surface area contributed by atoms with Crippen molar-refractivity contribution in [3.63, 3.8) is 0 Å². The Morgan fingerprint density at radius 3 is 2.88 bits per heavy atom. The van der Waals surface area contributed by atoms with E-state index in [1.54, 1.807) is 13.2 Å². The van der Waals surface area contributed by atoms with Crippen molar-refractivity contribution >= 4 is 11.6 Å². The van der Waals surface area contributed by atoms with Gasteiger partial charge in [-0.3, -0.25) is 9.69 Å². The van der Waals surface area contributed by atoms with Gasteiger partial charge in [0.1, 0.15) is 17.2 Å². The average molecular weight is 323 g/mol. The molecule has 0 radical (unpaired) electrons. The van der Waals surface area contributed by atoms with Crippen LogP contribution in [-0.2, 0) is 11.2 Å². The van der Waals surface area contributed by atoms with Crippen LogP contribution in [0.4, 0.5) is 5.69 Å². The largest absolute Gasteiger partial charge is 0.508 e. The SMILES string of the molecule is C#CCN1C(=O)C(Cc2ccccc2OC)Oc2ccc(O)cc21. The smallest absolute Gasteiger partial charge is 0.269 e. The van der Waals surface area contributed by atoms with E-state index in [-0.39, 0.29) is 18.2 Å². The minimum atomic E-state index is -0.702. The van der Waals surface area contributed by atoms with Gasteiger partial charge in [0.25, 0.3) is 5.91 Å². The zero-order valence-corrected chi connectivity index (χ0v) is 13.2. The molecule has 1 amide bonds. The van der Waals surface area contributed by atoms with Crippen LogP contribution < -0.4 is 14.4 Å². The number of ether oxygens (including phenoxy) is 2. The third-order valence-electron chi connectivity index (χ3n) is 3.89. The molecule has 5 heteroatoms. The molecular formula is C19H17NO4. The number of amides is 1. The van der Waals surface area contributed by atoms with E-state index in [0.717, 1.165) is 5.56 Å². The van der Waals surface area contributed by atoms with E-state index in [1.807, 2.05) is 24.3 Å². The molecule has 3 rings (SSSR count). The van der Waals surface area contributed by atoms with Gasteiger partial charge in [0, 0.05) is 12.5 Å². The lowest BCUT2D eigenvalue weighted by molar-refractivity contribution is -0.126. The number of para-hydroxylation sites is 1. The minimum Gasteiger partial charge on any atom is -0.508 e. The fraction of sp³-hybridized carbons (Fsp3) is 0.211. The molecule has 1 heterocycles. The Labute approximate surface area is 140 Å². The molecular weight excluding hydrogens is 306 g/mol. The molecule has 0 aromatic heterocycles. The molecule has 122 valence electrons. The lowest BCUT2D eigenvalue weighted by atomic mass is 10.0. The van der Waals surface area contributed by atoms with Crippen LogP contribution in [0.25, 0.3) is 0 Å². The van der Waals surface area contributed by atoms with Gasteiger partial charge in [0.2, 0.25) is 0 Å². The summed E-state index contributed by atoms with van der Waals surface area (Å²) < 4.78 is 11.2. The molecule has 0 aliphatic carbocycles. The van der Waals surface area contributed by atoms with E-state index in [9.17, 15) is 9.90 Å². The van der Waals surface area contributed by atoms with Gasteiger partial charge in [-0.15, -0.1) is 6.42 Å². The average Bonchev–Trinajstić information content (AvgIpc) is 2.59. The zero-order valence-electron chi connectivity index (χ0n) is 13.2. The van der Waals surface area contributed by atoms with Crippen LogP contribution in [0.15, 0.2) is 42.5 Å². The maximum atomic E-state index is 12.8.